The van der Waals surface area contributed by atoms with Gasteiger partial charge in [-0.15, -0.1) is 0 Å². The van der Waals surface area contributed by atoms with Gasteiger partial charge in [-0.05, 0) is 45.6 Å². The molecule has 1 unspecified atom stereocenters. The Morgan fingerprint density at radius 2 is 1.85 bits per heavy atom. The van der Waals surface area contributed by atoms with Gasteiger partial charge in [-0.25, -0.2) is 0 Å². The van der Waals surface area contributed by atoms with Gasteiger partial charge in [0.1, 0.15) is 0 Å². The van der Waals surface area contributed by atoms with Gasteiger partial charge in [0.15, 0.2) is 0 Å². The quantitative estimate of drug-likeness (QED) is 0.686. The molecule has 0 amide bonds. The zero-order valence-corrected chi connectivity index (χ0v) is 12.6. The third-order valence-electron chi connectivity index (χ3n) is 3.97. The zero-order valence-electron chi connectivity index (χ0n) is 12.6. The van der Waals surface area contributed by atoms with Crippen LogP contribution in [0.3, 0.4) is 0 Å². The maximum Gasteiger partial charge on any atom is 0.401 e. The topological polar surface area (TPSA) is 35.5 Å². The van der Waals surface area contributed by atoms with Gasteiger partial charge >= 0.3 is 6.18 Å². The fraction of sp³-hybridized carbons (Fsp3) is 1.00. The Labute approximate surface area is 119 Å². The Bertz CT molecular complexity index is 293. The van der Waals surface area contributed by atoms with Crippen LogP contribution in [0.5, 0.6) is 0 Å². The monoisotopic (exact) mass is 296 g/mol. The summed E-state index contributed by atoms with van der Waals surface area (Å²) in [4.78, 5) is 1.41. The molecule has 6 heteroatoms. The van der Waals surface area contributed by atoms with Gasteiger partial charge in [0, 0.05) is 12.6 Å². The summed E-state index contributed by atoms with van der Waals surface area (Å²) in [7, 11) is 0. The van der Waals surface area contributed by atoms with Gasteiger partial charge in [0.2, 0.25) is 0 Å². The minimum absolute atomic E-state index is 0.112. The summed E-state index contributed by atoms with van der Waals surface area (Å²) >= 11 is 0. The number of aliphatic hydroxyl groups is 1. The third kappa shape index (κ3) is 5.22. The zero-order chi connectivity index (χ0) is 15.4. The maximum atomic E-state index is 12.7. The van der Waals surface area contributed by atoms with E-state index >= 15 is 0 Å². The molecule has 120 valence electrons. The highest BCUT2D eigenvalue weighted by molar-refractivity contribution is 5.03. The molecule has 0 aromatic rings. The lowest BCUT2D eigenvalue weighted by atomic mass is 9.92. The number of alkyl halides is 3. The minimum atomic E-state index is -4.21. The first-order chi connectivity index (χ1) is 9.24. The smallest absolute Gasteiger partial charge is 0.394 e. The Hall–Kier alpha value is -0.330. The van der Waals surface area contributed by atoms with Crippen molar-refractivity contribution in [2.75, 3.05) is 26.2 Å². The Morgan fingerprint density at radius 1 is 1.25 bits per heavy atom. The second kappa shape index (κ2) is 7.09. The van der Waals surface area contributed by atoms with Crippen LogP contribution in [0.4, 0.5) is 13.2 Å². The molecule has 1 saturated carbocycles. The van der Waals surface area contributed by atoms with Crippen molar-refractivity contribution in [1.29, 1.82) is 0 Å². The van der Waals surface area contributed by atoms with E-state index in [1.165, 1.54) is 4.90 Å². The van der Waals surface area contributed by atoms with E-state index in [2.05, 4.69) is 5.32 Å². The normalized spacial score (nSPS) is 19.6. The summed E-state index contributed by atoms with van der Waals surface area (Å²) in [6.45, 7) is 5.46. The molecule has 1 aliphatic rings. The van der Waals surface area contributed by atoms with Gasteiger partial charge in [-0.2, -0.15) is 13.2 Å². The molecule has 1 aliphatic carbocycles. The van der Waals surface area contributed by atoms with Crippen molar-refractivity contribution in [3.63, 3.8) is 0 Å². The van der Waals surface area contributed by atoms with Crippen LogP contribution < -0.4 is 5.32 Å². The van der Waals surface area contributed by atoms with Crippen molar-refractivity contribution in [3.8, 4) is 0 Å². The molecule has 0 spiro atoms. The van der Waals surface area contributed by atoms with Crippen molar-refractivity contribution >= 4 is 0 Å². The van der Waals surface area contributed by atoms with E-state index in [4.69, 9.17) is 0 Å². The molecule has 0 bridgehead atoms. The molecule has 0 heterocycles. The predicted molar refractivity (Wildman–Crippen MR) is 73.6 cm³/mol. The SMILES string of the molecule is CCCNC(CO)(CN(CC(F)(F)F)C(C)C)C1CC1. The number of hydrogen-bond donors (Lipinski definition) is 2. The molecule has 0 aromatic heterocycles. The van der Waals surface area contributed by atoms with Crippen LogP contribution in [0.25, 0.3) is 0 Å². The van der Waals surface area contributed by atoms with Crippen molar-refractivity contribution in [1.82, 2.24) is 10.2 Å². The fourth-order valence-corrected chi connectivity index (χ4v) is 2.59. The van der Waals surface area contributed by atoms with E-state index in [1.807, 2.05) is 6.92 Å². The molecular formula is C14H27F3N2O. The molecule has 1 fully saturated rings. The highest BCUT2D eigenvalue weighted by Gasteiger charge is 2.46. The molecule has 1 atom stereocenters. The number of hydrogen-bond acceptors (Lipinski definition) is 3. The van der Waals surface area contributed by atoms with E-state index in [9.17, 15) is 18.3 Å². The molecule has 3 nitrogen and oxygen atoms in total. The lowest BCUT2D eigenvalue weighted by Crippen LogP contribution is -2.60. The average molecular weight is 296 g/mol. The van der Waals surface area contributed by atoms with Crippen LogP contribution in [0, 0.1) is 5.92 Å². The number of aliphatic hydroxyl groups excluding tert-OH is 1. The van der Waals surface area contributed by atoms with E-state index in [0.717, 1.165) is 25.8 Å². The first kappa shape index (κ1) is 17.7. The Morgan fingerprint density at radius 3 is 2.20 bits per heavy atom. The van der Waals surface area contributed by atoms with Crippen LogP contribution in [-0.2, 0) is 0 Å². The predicted octanol–water partition coefficient (Wildman–Crippen LogP) is 2.40. The Kier molecular flexibility index (Phi) is 6.28. The molecular weight excluding hydrogens is 269 g/mol. The van der Waals surface area contributed by atoms with Gasteiger partial charge in [-0.1, -0.05) is 6.92 Å². The number of nitrogens with zero attached hydrogens (tertiary/aromatic N) is 1. The van der Waals surface area contributed by atoms with Crippen LogP contribution in [0.1, 0.15) is 40.0 Å². The van der Waals surface area contributed by atoms with Gasteiger partial charge < -0.3 is 10.4 Å². The molecule has 0 radical (unpaired) electrons. The summed E-state index contributed by atoms with van der Waals surface area (Å²) < 4.78 is 38.1. The number of nitrogens with one attached hydrogen (secondary N) is 1. The third-order valence-corrected chi connectivity index (χ3v) is 3.97. The molecule has 0 aromatic carbocycles. The van der Waals surface area contributed by atoms with Crippen LogP contribution in [0.15, 0.2) is 0 Å². The maximum absolute atomic E-state index is 12.7. The van der Waals surface area contributed by atoms with Crippen LogP contribution in [-0.4, -0.2) is 54.0 Å². The van der Waals surface area contributed by atoms with E-state index in [0.29, 0.717) is 0 Å². The summed E-state index contributed by atoms with van der Waals surface area (Å²) in [6.07, 6.45) is -1.35. The van der Waals surface area contributed by atoms with Crippen LogP contribution in [0.2, 0.25) is 0 Å². The van der Waals surface area contributed by atoms with E-state index < -0.39 is 18.3 Å². The van der Waals surface area contributed by atoms with Crippen molar-refractivity contribution in [2.24, 2.45) is 5.92 Å². The molecule has 0 aliphatic heterocycles. The van der Waals surface area contributed by atoms with Crippen molar-refractivity contribution in [3.05, 3.63) is 0 Å². The average Bonchev–Trinajstić information content (AvgIpc) is 3.16. The first-order valence-corrected chi connectivity index (χ1v) is 7.41. The standard InChI is InChI=1S/C14H27F3N2O/c1-4-7-18-13(10-20,12-5-6-12)8-19(11(2)3)9-14(15,16)17/h11-12,18,20H,4-10H2,1-3H3. The summed E-state index contributed by atoms with van der Waals surface area (Å²) in [5, 5.41) is 13.1. The van der Waals surface area contributed by atoms with Gasteiger partial charge in [-0.3, -0.25) is 4.90 Å². The van der Waals surface area contributed by atoms with E-state index in [-0.39, 0.29) is 25.1 Å². The second-order valence-corrected chi connectivity index (χ2v) is 6.13. The molecule has 0 saturated heterocycles. The highest BCUT2D eigenvalue weighted by Crippen LogP contribution is 2.40. The largest absolute Gasteiger partial charge is 0.401 e. The lowest BCUT2D eigenvalue weighted by molar-refractivity contribution is -0.153. The first-order valence-electron chi connectivity index (χ1n) is 7.41. The van der Waals surface area contributed by atoms with Gasteiger partial charge in [0.05, 0.1) is 18.7 Å². The minimum Gasteiger partial charge on any atom is -0.394 e. The second-order valence-electron chi connectivity index (χ2n) is 6.13. The summed E-state index contributed by atoms with van der Waals surface area (Å²) in [5.41, 5.74) is -0.592. The van der Waals surface area contributed by atoms with Crippen LogP contribution >= 0.6 is 0 Å². The fourth-order valence-electron chi connectivity index (χ4n) is 2.59. The summed E-state index contributed by atoms with van der Waals surface area (Å²) in [5.74, 6) is 0.286. The molecule has 2 N–H and O–H groups in total. The number of halogens is 3. The lowest BCUT2D eigenvalue weighted by Gasteiger charge is -2.40. The van der Waals surface area contributed by atoms with Crippen molar-refractivity contribution < 1.29 is 18.3 Å². The number of rotatable bonds is 9. The highest BCUT2D eigenvalue weighted by atomic mass is 19.4. The molecule has 20 heavy (non-hydrogen) atoms. The summed E-state index contributed by atoms with van der Waals surface area (Å²) in [6, 6.07) is -0.204. The molecule has 1 rings (SSSR count). The van der Waals surface area contributed by atoms with Gasteiger partial charge in [0.25, 0.3) is 0 Å². The Balaban J connectivity index is 2.78. The van der Waals surface area contributed by atoms with Crippen molar-refractivity contribution in [2.45, 2.75) is 57.8 Å². The van der Waals surface area contributed by atoms with E-state index in [1.54, 1.807) is 13.8 Å².